The number of rotatable bonds is 0. The monoisotopic (exact) mass is 234 g/mol. The first-order valence-corrected chi connectivity index (χ1v) is 7.23. The third-order valence-electron chi connectivity index (χ3n) is 5.05. The molecule has 4 nitrogen and oxygen atoms in total. The van der Waals surface area contributed by atoms with Crippen LogP contribution in [0.3, 0.4) is 0 Å². The molecule has 4 aliphatic rings. The van der Waals surface area contributed by atoms with E-state index in [1.165, 1.54) is 44.6 Å². The van der Waals surface area contributed by atoms with Gasteiger partial charge in [-0.25, -0.2) is 0 Å². The molecule has 1 aliphatic carbocycles. The normalized spacial score (nSPS) is 44.2. The molecule has 0 aromatic heterocycles. The van der Waals surface area contributed by atoms with Crippen LogP contribution in [-0.4, -0.2) is 48.6 Å². The minimum atomic E-state index is 0.691. The van der Waals surface area contributed by atoms with Crippen LogP contribution in [0.4, 0.5) is 0 Å². The first kappa shape index (κ1) is 10.2. The van der Waals surface area contributed by atoms with Gasteiger partial charge in [-0.2, -0.15) is 0 Å². The highest BCUT2D eigenvalue weighted by atomic mass is 15.4. The van der Waals surface area contributed by atoms with E-state index in [-0.39, 0.29) is 0 Å². The standard InChI is InChI=1S/C13H22N4/c1-2-4-12-10(3-1)16-13-15-8-9-7-14-6-5-11(9)17(12)13/h9-12,14H,1-8H2,(H,15,16). The maximum atomic E-state index is 4.79. The molecule has 4 heteroatoms. The summed E-state index contributed by atoms with van der Waals surface area (Å²) in [5.41, 5.74) is 0. The largest absolute Gasteiger partial charge is 0.351 e. The van der Waals surface area contributed by atoms with Crippen molar-refractivity contribution >= 4 is 5.96 Å². The van der Waals surface area contributed by atoms with Gasteiger partial charge in [0, 0.05) is 31.1 Å². The van der Waals surface area contributed by atoms with E-state index in [2.05, 4.69) is 15.5 Å². The van der Waals surface area contributed by atoms with E-state index in [1.54, 1.807) is 0 Å². The fraction of sp³-hybridized carbons (Fsp3) is 0.923. The van der Waals surface area contributed by atoms with Crippen LogP contribution >= 0.6 is 0 Å². The van der Waals surface area contributed by atoms with Crippen LogP contribution in [0.2, 0.25) is 0 Å². The highest BCUT2D eigenvalue weighted by Gasteiger charge is 2.46. The van der Waals surface area contributed by atoms with Crippen molar-refractivity contribution in [3.8, 4) is 0 Å². The summed E-state index contributed by atoms with van der Waals surface area (Å²) in [6.45, 7) is 3.37. The highest BCUT2D eigenvalue weighted by Crippen LogP contribution is 2.35. The van der Waals surface area contributed by atoms with Crippen molar-refractivity contribution in [1.29, 1.82) is 0 Å². The number of nitrogens with one attached hydrogen (secondary N) is 2. The van der Waals surface area contributed by atoms with Gasteiger partial charge in [0.2, 0.25) is 0 Å². The van der Waals surface area contributed by atoms with Crippen LogP contribution in [0.15, 0.2) is 4.99 Å². The van der Waals surface area contributed by atoms with E-state index in [4.69, 9.17) is 4.99 Å². The van der Waals surface area contributed by atoms with Gasteiger partial charge in [0.1, 0.15) is 0 Å². The molecule has 3 fully saturated rings. The Bertz CT molecular complexity index is 338. The maximum absolute atomic E-state index is 4.79. The Morgan fingerprint density at radius 3 is 3.06 bits per heavy atom. The van der Waals surface area contributed by atoms with Crippen molar-refractivity contribution in [3.63, 3.8) is 0 Å². The number of hydrogen-bond donors (Lipinski definition) is 2. The molecule has 2 N–H and O–H groups in total. The highest BCUT2D eigenvalue weighted by molar-refractivity contribution is 5.84. The third kappa shape index (κ3) is 1.49. The number of guanidine groups is 1. The summed E-state index contributed by atoms with van der Waals surface area (Å²) < 4.78 is 0. The minimum absolute atomic E-state index is 0.691. The van der Waals surface area contributed by atoms with E-state index < -0.39 is 0 Å². The number of fused-ring (bicyclic) bond motifs is 5. The summed E-state index contributed by atoms with van der Waals surface area (Å²) in [5, 5.41) is 7.20. The number of aliphatic imine (C=N–C) groups is 1. The number of hydrogen-bond acceptors (Lipinski definition) is 4. The fourth-order valence-electron chi connectivity index (χ4n) is 4.21. The molecule has 0 radical (unpaired) electrons. The summed E-state index contributed by atoms with van der Waals surface area (Å²) in [4.78, 5) is 7.46. The number of piperidine rings is 1. The van der Waals surface area contributed by atoms with Crippen molar-refractivity contribution in [2.75, 3.05) is 19.6 Å². The molecule has 0 amide bonds. The van der Waals surface area contributed by atoms with Gasteiger partial charge in [0.25, 0.3) is 0 Å². The average Bonchev–Trinajstić information content (AvgIpc) is 2.77. The van der Waals surface area contributed by atoms with Crippen LogP contribution in [-0.2, 0) is 0 Å². The second-order valence-electron chi connectivity index (χ2n) is 5.99. The molecular weight excluding hydrogens is 212 g/mol. The Balaban J connectivity index is 1.64. The Hall–Kier alpha value is -0.770. The van der Waals surface area contributed by atoms with Crippen molar-refractivity contribution in [3.05, 3.63) is 0 Å². The van der Waals surface area contributed by atoms with Crippen LogP contribution in [0.25, 0.3) is 0 Å². The molecule has 0 aromatic carbocycles. The van der Waals surface area contributed by atoms with E-state index in [0.717, 1.165) is 31.1 Å². The van der Waals surface area contributed by atoms with Gasteiger partial charge in [-0.3, -0.25) is 4.99 Å². The Morgan fingerprint density at radius 1 is 1.12 bits per heavy atom. The zero-order valence-corrected chi connectivity index (χ0v) is 10.4. The Labute approximate surface area is 103 Å². The van der Waals surface area contributed by atoms with Gasteiger partial charge in [-0.05, 0) is 25.8 Å². The third-order valence-corrected chi connectivity index (χ3v) is 5.05. The summed E-state index contributed by atoms with van der Waals surface area (Å²) in [6, 6.07) is 2.19. The second-order valence-corrected chi connectivity index (χ2v) is 5.99. The predicted octanol–water partition coefficient (Wildman–Crippen LogP) is 0.551. The van der Waals surface area contributed by atoms with Crippen LogP contribution in [0, 0.1) is 5.92 Å². The first-order chi connectivity index (χ1) is 8.43. The number of nitrogens with zero attached hydrogens (tertiary/aromatic N) is 2. The van der Waals surface area contributed by atoms with Crippen LogP contribution in [0.1, 0.15) is 32.1 Å². The first-order valence-electron chi connectivity index (χ1n) is 7.23. The summed E-state index contributed by atoms with van der Waals surface area (Å²) in [5.74, 6) is 1.97. The molecule has 3 heterocycles. The zero-order valence-electron chi connectivity index (χ0n) is 10.4. The summed E-state index contributed by atoms with van der Waals surface area (Å²) in [7, 11) is 0. The van der Waals surface area contributed by atoms with E-state index in [1.807, 2.05) is 0 Å². The molecule has 4 rings (SSSR count). The predicted molar refractivity (Wildman–Crippen MR) is 68.1 cm³/mol. The maximum Gasteiger partial charge on any atom is 0.194 e. The molecule has 0 aromatic rings. The molecule has 1 saturated carbocycles. The minimum Gasteiger partial charge on any atom is -0.351 e. The molecule has 3 aliphatic heterocycles. The molecule has 0 bridgehead atoms. The lowest BCUT2D eigenvalue weighted by molar-refractivity contribution is 0.122. The van der Waals surface area contributed by atoms with Crippen molar-refractivity contribution in [2.45, 2.75) is 50.2 Å². The van der Waals surface area contributed by atoms with Gasteiger partial charge in [-0.1, -0.05) is 12.8 Å². The lowest BCUT2D eigenvalue weighted by Gasteiger charge is -2.44. The van der Waals surface area contributed by atoms with Crippen molar-refractivity contribution < 1.29 is 0 Å². The van der Waals surface area contributed by atoms with E-state index in [0.29, 0.717) is 6.04 Å². The average molecular weight is 234 g/mol. The molecule has 94 valence electrons. The fourth-order valence-corrected chi connectivity index (χ4v) is 4.21. The van der Waals surface area contributed by atoms with Gasteiger partial charge >= 0.3 is 0 Å². The smallest absolute Gasteiger partial charge is 0.194 e. The zero-order chi connectivity index (χ0) is 11.2. The van der Waals surface area contributed by atoms with Gasteiger partial charge in [-0.15, -0.1) is 0 Å². The summed E-state index contributed by atoms with van der Waals surface area (Å²) in [6.07, 6.45) is 6.81. The second kappa shape index (κ2) is 3.87. The van der Waals surface area contributed by atoms with Crippen LogP contribution in [0.5, 0.6) is 0 Å². The lowest BCUT2D eigenvalue weighted by Crippen LogP contribution is -2.57. The van der Waals surface area contributed by atoms with E-state index in [9.17, 15) is 0 Å². The quantitative estimate of drug-likeness (QED) is 0.643. The van der Waals surface area contributed by atoms with Gasteiger partial charge in [0.15, 0.2) is 5.96 Å². The summed E-state index contributed by atoms with van der Waals surface area (Å²) >= 11 is 0. The van der Waals surface area contributed by atoms with Gasteiger partial charge in [0.05, 0.1) is 6.04 Å². The topological polar surface area (TPSA) is 39.7 Å². The molecule has 4 unspecified atom stereocenters. The molecule has 4 atom stereocenters. The van der Waals surface area contributed by atoms with E-state index >= 15 is 0 Å². The van der Waals surface area contributed by atoms with Crippen molar-refractivity contribution in [1.82, 2.24) is 15.5 Å². The molecule has 17 heavy (non-hydrogen) atoms. The van der Waals surface area contributed by atoms with Gasteiger partial charge < -0.3 is 15.5 Å². The Morgan fingerprint density at radius 2 is 2.06 bits per heavy atom. The van der Waals surface area contributed by atoms with Crippen molar-refractivity contribution in [2.24, 2.45) is 10.9 Å². The lowest BCUT2D eigenvalue weighted by atomic mass is 9.86. The van der Waals surface area contributed by atoms with Crippen LogP contribution < -0.4 is 10.6 Å². The molecular formula is C13H22N4. The SMILES string of the molecule is C1CCC2C(C1)NC1=NCC3CNCCC3N12. The molecule has 0 spiro atoms. The molecule has 2 saturated heterocycles. The Kier molecular flexibility index (Phi) is 2.32.